The average molecular weight is 419 g/mol. The quantitative estimate of drug-likeness (QED) is 0.415. The minimum atomic E-state index is -0.150. The molecule has 5 nitrogen and oxygen atoms in total. The van der Waals surface area contributed by atoms with Gasteiger partial charge in [0.2, 0.25) is 0 Å². The molecule has 0 aliphatic carbocycles. The lowest BCUT2D eigenvalue weighted by Gasteiger charge is -2.13. The van der Waals surface area contributed by atoms with Crippen LogP contribution in [0.2, 0.25) is 0 Å². The molecule has 2 heterocycles. The van der Waals surface area contributed by atoms with Crippen molar-refractivity contribution in [3.8, 4) is 16.9 Å². The molecule has 0 fully saturated rings. The summed E-state index contributed by atoms with van der Waals surface area (Å²) in [6.07, 6.45) is 7.02. The smallest absolute Gasteiger partial charge is 0.253 e. The summed E-state index contributed by atoms with van der Waals surface area (Å²) in [7, 11) is 1.67. The van der Waals surface area contributed by atoms with E-state index in [1.54, 1.807) is 25.7 Å². The topological polar surface area (TPSA) is 64.1 Å². The molecular formula is C27H21N3O2. The van der Waals surface area contributed by atoms with Crippen molar-refractivity contribution in [2.75, 3.05) is 7.11 Å². The Labute approximate surface area is 185 Å². The van der Waals surface area contributed by atoms with Gasteiger partial charge >= 0.3 is 0 Å². The first-order valence-electron chi connectivity index (χ1n) is 10.4. The third-order valence-electron chi connectivity index (χ3n) is 5.64. The Kier molecular flexibility index (Phi) is 5.22. The molecule has 0 atom stereocenters. The number of benzene rings is 3. The number of hydrogen-bond donors (Lipinski definition) is 1. The van der Waals surface area contributed by atoms with Gasteiger partial charge in [-0.2, -0.15) is 0 Å². The summed E-state index contributed by atoms with van der Waals surface area (Å²) in [6.45, 7) is 0.392. The Morgan fingerprint density at radius 1 is 0.875 bits per heavy atom. The van der Waals surface area contributed by atoms with E-state index in [9.17, 15) is 4.79 Å². The third kappa shape index (κ3) is 3.65. The van der Waals surface area contributed by atoms with E-state index in [1.165, 1.54) is 0 Å². The van der Waals surface area contributed by atoms with E-state index in [0.29, 0.717) is 12.1 Å². The van der Waals surface area contributed by atoms with Crippen LogP contribution >= 0.6 is 0 Å². The molecule has 0 bridgehead atoms. The van der Waals surface area contributed by atoms with E-state index in [2.05, 4.69) is 27.4 Å². The van der Waals surface area contributed by atoms with Gasteiger partial charge in [0.05, 0.1) is 12.7 Å². The first kappa shape index (κ1) is 19.7. The van der Waals surface area contributed by atoms with Crippen molar-refractivity contribution in [3.63, 3.8) is 0 Å². The Morgan fingerprint density at radius 2 is 1.78 bits per heavy atom. The Bertz CT molecular complexity index is 1440. The summed E-state index contributed by atoms with van der Waals surface area (Å²) in [5.74, 6) is 0.660. The maximum Gasteiger partial charge on any atom is 0.253 e. The van der Waals surface area contributed by atoms with Crippen LogP contribution in [0.1, 0.15) is 15.9 Å². The highest BCUT2D eigenvalue weighted by molar-refractivity contribution is 6.06. The molecule has 0 saturated heterocycles. The van der Waals surface area contributed by atoms with Crippen LogP contribution in [0.3, 0.4) is 0 Å². The zero-order valence-corrected chi connectivity index (χ0v) is 17.6. The number of amides is 1. The fraction of sp³-hybridized carbons (Fsp3) is 0.0741. The maximum atomic E-state index is 12.9. The number of fused-ring (bicyclic) bond motifs is 2. The lowest BCUT2D eigenvalue weighted by molar-refractivity contribution is 0.0952. The zero-order valence-electron chi connectivity index (χ0n) is 17.6. The molecule has 0 aliphatic heterocycles. The second kappa shape index (κ2) is 8.47. The lowest BCUT2D eigenvalue weighted by atomic mass is 9.96. The van der Waals surface area contributed by atoms with Gasteiger partial charge in [-0.05, 0) is 45.7 Å². The molecule has 32 heavy (non-hydrogen) atoms. The number of nitrogens with one attached hydrogen (secondary N) is 1. The summed E-state index contributed by atoms with van der Waals surface area (Å²) in [5.41, 5.74) is 3.73. The molecule has 1 N–H and O–H groups in total. The predicted octanol–water partition coefficient (Wildman–Crippen LogP) is 5.39. The van der Waals surface area contributed by atoms with Crippen molar-refractivity contribution in [3.05, 3.63) is 103 Å². The van der Waals surface area contributed by atoms with Crippen molar-refractivity contribution in [2.45, 2.75) is 6.54 Å². The van der Waals surface area contributed by atoms with Gasteiger partial charge in [-0.1, -0.05) is 48.5 Å². The lowest BCUT2D eigenvalue weighted by Crippen LogP contribution is -2.23. The van der Waals surface area contributed by atoms with Crippen LogP contribution in [-0.4, -0.2) is 23.0 Å². The van der Waals surface area contributed by atoms with Crippen LogP contribution in [0, 0.1) is 0 Å². The van der Waals surface area contributed by atoms with E-state index >= 15 is 0 Å². The molecule has 1 amide bonds. The Hall–Kier alpha value is -4.25. The second-order valence-corrected chi connectivity index (χ2v) is 7.52. The summed E-state index contributed by atoms with van der Waals surface area (Å²) in [5, 5.41) is 6.96. The molecule has 156 valence electrons. The number of carbonyl (C=O) groups excluding carboxylic acids is 1. The first-order valence-corrected chi connectivity index (χ1v) is 10.4. The van der Waals surface area contributed by atoms with Gasteiger partial charge in [0.15, 0.2) is 0 Å². The standard InChI is InChI=1S/C27H21N3O2/c1-32-21-7-4-6-18(13-21)23-10-9-20(25-16-28-12-11-24(23)25)15-30-27(31)26-17-29-14-19-5-2-3-8-22(19)26/h2-14,16-17H,15H2,1H3,(H,30,31). The molecular weight excluding hydrogens is 398 g/mol. The molecule has 5 aromatic rings. The zero-order chi connectivity index (χ0) is 21.9. The first-order chi connectivity index (χ1) is 15.7. The molecule has 0 aliphatic rings. The maximum absolute atomic E-state index is 12.9. The van der Waals surface area contributed by atoms with Gasteiger partial charge in [-0.15, -0.1) is 0 Å². The van der Waals surface area contributed by atoms with Crippen molar-refractivity contribution in [1.29, 1.82) is 0 Å². The SMILES string of the molecule is COc1cccc(-c2ccc(CNC(=O)c3cncc4ccccc34)c3cnccc23)c1. The molecule has 0 saturated carbocycles. The van der Waals surface area contributed by atoms with Gasteiger partial charge in [-0.3, -0.25) is 14.8 Å². The Morgan fingerprint density at radius 3 is 2.69 bits per heavy atom. The van der Waals surface area contributed by atoms with Gasteiger partial charge in [0.1, 0.15) is 5.75 Å². The van der Waals surface area contributed by atoms with Crippen molar-refractivity contribution < 1.29 is 9.53 Å². The number of nitrogens with zero attached hydrogens (tertiary/aromatic N) is 2. The summed E-state index contributed by atoms with van der Waals surface area (Å²) >= 11 is 0. The summed E-state index contributed by atoms with van der Waals surface area (Å²) in [6, 6.07) is 21.9. The minimum absolute atomic E-state index is 0.150. The normalized spacial score (nSPS) is 10.9. The highest BCUT2D eigenvalue weighted by Gasteiger charge is 2.13. The number of carbonyl (C=O) groups is 1. The van der Waals surface area contributed by atoms with Crippen LogP contribution in [0.4, 0.5) is 0 Å². The van der Waals surface area contributed by atoms with Crippen LogP contribution in [-0.2, 0) is 6.54 Å². The molecule has 5 rings (SSSR count). The van der Waals surface area contributed by atoms with Crippen molar-refractivity contribution >= 4 is 27.5 Å². The minimum Gasteiger partial charge on any atom is -0.497 e. The summed E-state index contributed by atoms with van der Waals surface area (Å²) in [4.78, 5) is 21.5. The molecule has 2 aromatic heterocycles. The highest BCUT2D eigenvalue weighted by Crippen LogP contribution is 2.32. The largest absolute Gasteiger partial charge is 0.497 e. The molecule has 5 heteroatoms. The van der Waals surface area contributed by atoms with E-state index in [4.69, 9.17) is 4.74 Å². The third-order valence-corrected chi connectivity index (χ3v) is 5.64. The van der Waals surface area contributed by atoms with Gasteiger partial charge in [0, 0.05) is 42.1 Å². The highest BCUT2D eigenvalue weighted by atomic mass is 16.5. The van der Waals surface area contributed by atoms with Crippen molar-refractivity contribution in [1.82, 2.24) is 15.3 Å². The van der Waals surface area contributed by atoms with Crippen LogP contribution in [0.5, 0.6) is 5.75 Å². The van der Waals surface area contributed by atoms with Crippen LogP contribution in [0.15, 0.2) is 91.5 Å². The number of ether oxygens (including phenoxy) is 1. The predicted molar refractivity (Wildman–Crippen MR) is 127 cm³/mol. The van der Waals surface area contributed by atoms with Crippen LogP contribution in [0.25, 0.3) is 32.7 Å². The number of aromatic nitrogens is 2. The fourth-order valence-electron chi connectivity index (χ4n) is 4.01. The van der Waals surface area contributed by atoms with E-state index < -0.39 is 0 Å². The van der Waals surface area contributed by atoms with E-state index in [-0.39, 0.29) is 5.91 Å². The van der Waals surface area contributed by atoms with Crippen LogP contribution < -0.4 is 10.1 Å². The molecule has 3 aromatic carbocycles. The fourth-order valence-corrected chi connectivity index (χ4v) is 4.01. The molecule has 0 radical (unpaired) electrons. The van der Waals surface area contributed by atoms with E-state index in [1.807, 2.05) is 60.8 Å². The number of pyridine rings is 2. The summed E-state index contributed by atoms with van der Waals surface area (Å²) < 4.78 is 5.38. The van der Waals surface area contributed by atoms with Gasteiger partial charge in [0.25, 0.3) is 5.91 Å². The number of methoxy groups -OCH3 is 1. The number of rotatable bonds is 5. The molecule has 0 unspecified atom stereocenters. The monoisotopic (exact) mass is 419 g/mol. The number of hydrogen-bond acceptors (Lipinski definition) is 4. The molecule has 0 spiro atoms. The van der Waals surface area contributed by atoms with Gasteiger partial charge in [-0.25, -0.2) is 0 Å². The Balaban J connectivity index is 1.47. The van der Waals surface area contributed by atoms with Crippen molar-refractivity contribution in [2.24, 2.45) is 0 Å². The second-order valence-electron chi connectivity index (χ2n) is 7.52. The van der Waals surface area contributed by atoms with E-state index in [0.717, 1.165) is 44.0 Å². The average Bonchev–Trinajstić information content (AvgIpc) is 2.86. The van der Waals surface area contributed by atoms with Gasteiger partial charge < -0.3 is 10.1 Å².